The molecule has 2 aromatic rings. The molecule has 0 heterocycles. The lowest BCUT2D eigenvalue weighted by Gasteiger charge is -2.14. The number of hydrogen-bond donors (Lipinski definition) is 1. The third-order valence-electron chi connectivity index (χ3n) is 3.74. The minimum absolute atomic E-state index is 0.152. The van der Waals surface area contributed by atoms with Crippen LogP contribution in [-0.4, -0.2) is 28.7 Å². The zero-order chi connectivity index (χ0) is 18.6. The van der Waals surface area contributed by atoms with Gasteiger partial charge in [-0.25, -0.2) is 13.1 Å². The Balaban J connectivity index is 2.01. The summed E-state index contributed by atoms with van der Waals surface area (Å²) in [7, 11) is -2.08. The molecule has 136 valence electrons. The number of methoxy groups -OCH3 is 1. The van der Waals surface area contributed by atoms with E-state index in [0.29, 0.717) is 27.6 Å². The first kappa shape index (κ1) is 19.6. The summed E-state index contributed by atoms with van der Waals surface area (Å²) in [6.07, 6.45) is 0. The topological polar surface area (TPSA) is 64.6 Å². The maximum absolute atomic E-state index is 12.6. The van der Waals surface area contributed by atoms with Crippen LogP contribution in [0.25, 0.3) is 0 Å². The molecule has 0 aliphatic heterocycles. The fourth-order valence-corrected chi connectivity index (χ4v) is 4.17. The van der Waals surface area contributed by atoms with E-state index in [2.05, 4.69) is 4.72 Å². The molecule has 0 spiro atoms. The lowest BCUT2D eigenvalue weighted by molar-refractivity contribution is 0.323. The second kappa shape index (κ2) is 8.08. The minimum atomic E-state index is -3.63. The van der Waals surface area contributed by atoms with Gasteiger partial charge in [-0.2, -0.15) is 0 Å². The average molecular weight is 384 g/mol. The lowest BCUT2D eigenvalue weighted by Crippen LogP contribution is -2.29. The van der Waals surface area contributed by atoms with Gasteiger partial charge in [-0.15, -0.1) is 0 Å². The minimum Gasteiger partial charge on any atom is -0.497 e. The summed E-state index contributed by atoms with van der Waals surface area (Å²) in [6.45, 7) is 5.75. The van der Waals surface area contributed by atoms with Gasteiger partial charge < -0.3 is 9.47 Å². The molecule has 0 aromatic heterocycles. The third-order valence-corrected chi connectivity index (χ3v) is 5.92. The summed E-state index contributed by atoms with van der Waals surface area (Å²) < 4.78 is 38.4. The summed E-state index contributed by atoms with van der Waals surface area (Å²) in [5.74, 6) is 1.24. The number of ether oxygens (including phenoxy) is 2. The van der Waals surface area contributed by atoms with E-state index in [0.717, 1.165) is 5.56 Å². The molecule has 2 aromatic carbocycles. The molecule has 5 nitrogen and oxygen atoms in total. The zero-order valence-corrected chi connectivity index (χ0v) is 16.3. The Morgan fingerprint density at radius 2 is 1.64 bits per heavy atom. The van der Waals surface area contributed by atoms with Crippen LogP contribution in [0.5, 0.6) is 11.5 Å². The maximum atomic E-state index is 12.6. The summed E-state index contributed by atoms with van der Waals surface area (Å²) >= 11 is 6.04. The fourth-order valence-electron chi connectivity index (χ4n) is 2.53. The van der Waals surface area contributed by atoms with E-state index in [4.69, 9.17) is 21.1 Å². The number of aryl methyl sites for hydroxylation is 3. The number of sulfonamides is 1. The van der Waals surface area contributed by atoms with E-state index in [1.807, 2.05) is 13.0 Å². The van der Waals surface area contributed by atoms with Crippen LogP contribution in [0.1, 0.15) is 16.7 Å². The van der Waals surface area contributed by atoms with E-state index in [1.54, 1.807) is 45.2 Å². The van der Waals surface area contributed by atoms with Gasteiger partial charge in [-0.05, 0) is 61.7 Å². The molecule has 0 radical (unpaired) electrons. The van der Waals surface area contributed by atoms with Gasteiger partial charge in [0.05, 0.1) is 12.0 Å². The highest BCUT2D eigenvalue weighted by atomic mass is 35.5. The molecule has 0 saturated carbocycles. The quantitative estimate of drug-likeness (QED) is 0.741. The van der Waals surface area contributed by atoms with E-state index in [1.165, 1.54) is 0 Å². The zero-order valence-electron chi connectivity index (χ0n) is 14.7. The molecule has 2 rings (SSSR count). The first-order chi connectivity index (χ1) is 11.7. The van der Waals surface area contributed by atoms with Crippen LogP contribution in [0.15, 0.2) is 35.2 Å². The van der Waals surface area contributed by atoms with Crippen molar-refractivity contribution in [1.29, 1.82) is 0 Å². The van der Waals surface area contributed by atoms with Crippen molar-refractivity contribution in [3.05, 3.63) is 52.0 Å². The Hall–Kier alpha value is -1.76. The predicted molar refractivity (Wildman–Crippen MR) is 99.3 cm³/mol. The van der Waals surface area contributed by atoms with Crippen LogP contribution < -0.4 is 14.2 Å². The van der Waals surface area contributed by atoms with Gasteiger partial charge in [0.25, 0.3) is 0 Å². The van der Waals surface area contributed by atoms with Crippen LogP contribution in [-0.2, 0) is 10.0 Å². The van der Waals surface area contributed by atoms with Gasteiger partial charge in [0.15, 0.2) is 0 Å². The maximum Gasteiger partial charge on any atom is 0.241 e. The number of benzene rings is 2. The first-order valence-corrected chi connectivity index (χ1v) is 9.64. The molecule has 0 fully saturated rings. The Labute approximate surface area is 154 Å². The van der Waals surface area contributed by atoms with Crippen LogP contribution in [0, 0.1) is 20.8 Å². The largest absolute Gasteiger partial charge is 0.497 e. The molecular formula is C18H22ClNO4S. The molecule has 0 bridgehead atoms. The Morgan fingerprint density at radius 1 is 1.00 bits per heavy atom. The molecule has 25 heavy (non-hydrogen) atoms. The van der Waals surface area contributed by atoms with Crippen LogP contribution in [0.3, 0.4) is 0 Å². The van der Waals surface area contributed by atoms with Crippen molar-refractivity contribution in [3.63, 3.8) is 0 Å². The Morgan fingerprint density at radius 3 is 2.20 bits per heavy atom. The summed E-state index contributed by atoms with van der Waals surface area (Å²) in [4.78, 5) is 0.270. The highest BCUT2D eigenvalue weighted by Gasteiger charge is 2.20. The molecule has 0 amide bonds. The van der Waals surface area contributed by atoms with E-state index in [9.17, 15) is 8.42 Å². The van der Waals surface area contributed by atoms with Gasteiger partial charge in [-0.3, -0.25) is 0 Å². The van der Waals surface area contributed by atoms with Crippen LogP contribution >= 0.6 is 11.6 Å². The molecule has 0 aliphatic carbocycles. The molecule has 1 N–H and O–H groups in total. The molecule has 0 aliphatic rings. The number of nitrogens with one attached hydrogen (secondary N) is 1. The molecule has 0 atom stereocenters. The molecule has 0 unspecified atom stereocenters. The molecule has 7 heteroatoms. The Bertz CT molecular complexity index is 842. The van der Waals surface area contributed by atoms with Crippen LogP contribution in [0.2, 0.25) is 5.02 Å². The van der Waals surface area contributed by atoms with Crippen molar-refractivity contribution in [2.45, 2.75) is 25.7 Å². The SMILES string of the molecule is COc1cc(C)c(S(=O)(=O)NCCOc2ccc(C)c(Cl)c2)c(C)c1. The van der Waals surface area contributed by atoms with Crippen molar-refractivity contribution in [1.82, 2.24) is 4.72 Å². The van der Waals surface area contributed by atoms with E-state index in [-0.39, 0.29) is 18.0 Å². The van der Waals surface area contributed by atoms with Crippen molar-refractivity contribution in [2.24, 2.45) is 0 Å². The summed E-state index contributed by atoms with van der Waals surface area (Å²) in [6, 6.07) is 8.77. The molecule has 0 saturated heterocycles. The van der Waals surface area contributed by atoms with Crippen molar-refractivity contribution in [3.8, 4) is 11.5 Å². The molecular weight excluding hydrogens is 362 g/mol. The van der Waals surface area contributed by atoms with Gasteiger partial charge >= 0.3 is 0 Å². The number of halogens is 1. The first-order valence-electron chi connectivity index (χ1n) is 7.78. The predicted octanol–water partition coefficient (Wildman–Crippen LogP) is 3.63. The third kappa shape index (κ3) is 4.87. The van der Waals surface area contributed by atoms with E-state index < -0.39 is 10.0 Å². The number of rotatable bonds is 7. The smallest absolute Gasteiger partial charge is 0.241 e. The van der Waals surface area contributed by atoms with Crippen LogP contribution in [0.4, 0.5) is 0 Å². The normalized spacial score (nSPS) is 11.4. The second-order valence-corrected chi connectivity index (χ2v) is 7.86. The van der Waals surface area contributed by atoms with Gasteiger partial charge in [0, 0.05) is 11.6 Å². The van der Waals surface area contributed by atoms with Gasteiger partial charge in [-0.1, -0.05) is 17.7 Å². The monoisotopic (exact) mass is 383 g/mol. The fraction of sp³-hybridized carbons (Fsp3) is 0.333. The second-order valence-electron chi connectivity index (χ2n) is 5.75. The van der Waals surface area contributed by atoms with Crippen molar-refractivity contribution in [2.75, 3.05) is 20.3 Å². The van der Waals surface area contributed by atoms with Crippen molar-refractivity contribution >= 4 is 21.6 Å². The average Bonchev–Trinajstić information content (AvgIpc) is 2.53. The van der Waals surface area contributed by atoms with Crippen molar-refractivity contribution < 1.29 is 17.9 Å². The highest BCUT2D eigenvalue weighted by molar-refractivity contribution is 7.89. The standard InChI is InChI=1S/C18H22ClNO4S/c1-12-5-6-15(11-17(12)19)24-8-7-20-25(21,22)18-13(2)9-16(23-4)10-14(18)3/h5-6,9-11,20H,7-8H2,1-4H3. The summed E-state index contributed by atoms with van der Waals surface area (Å²) in [5.41, 5.74) is 2.23. The Kier molecular flexibility index (Phi) is 6.32. The number of hydrogen-bond acceptors (Lipinski definition) is 4. The van der Waals surface area contributed by atoms with E-state index >= 15 is 0 Å². The van der Waals surface area contributed by atoms with Gasteiger partial charge in [0.2, 0.25) is 10.0 Å². The lowest BCUT2D eigenvalue weighted by atomic mass is 10.1. The highest BCUT2D eigenvalue weighted by Crippen LogP contribution is 2.25. The summed E-state index contributed by atoms with van der Waals surface area (Å²) in [5, 5.41) is 0.613. The van der Waals surface area contributed by atoms with Gasteiger partial charge in [0.1, 0.15) is 18.1 Å².